The van der Waals surface area contributed by atoms with E-state index in [0.717, 1.165) is 0 Å². The van der Waals surface area contributed by atoms with E-state index < -0.39 is 0 Å². The van der Waals surface area contributed by atoms with E-state index in [1.807, 2.05) is 0 Å². The van der Waals surface area contributed by atoms with Gasteiger partial charge < -0.3 is 0 Å². The number of hydrogen-bond donors (Lipinski definition) is 0. The fourth-order valence-corrected chi connectivity index (χ4v) is 10.9. The van der Waals surface area contributed by atoms with Crippen LogP contribution in [0.15, 0.2) is 243 Å². The van der Waals surface area contributed by atoms with Crippen LogP contribution in [0.3, 0.4) is 0 Å². The maximum Gasteiger partial charge on any atom is -0.0273 e. The molecule has 10 aromatic rings. The van der Waals surface area contributed by atoms with E-state index in [9.17, 15) is 0 Å². The molecular weight excluding hydrogens is 1020 g/mol. The van der Waals surface area contributed by atoms with Crippen LogP contribution in [0.2, 0.25) is 0 Å². The van der Waals surface area contributed by atoms with Crippen molar-refractivity contribution in [3.05, 3.63) is 354 Å². The van der Waals surface area contributed by atoms with Gasteiger partial charge in [-0.05, 0) is 243 Å². The van der Waals surface area contributed by atoms with E-state index in [2.05, 4.69) is 312 Å². The molecule has 0 heteroatoms. The number of rotatable bonds is 20. The second-order valence-corrected chi connectivity index (χ2v) is 23.9. The van der Waals surface area contributed by atoms with Gasteiger partial charge in [0.25, 0.3) is 0 Å². The molecule has 0 aliphatic carbocycles. The predicted octanol–water partition coefficient (Wildman–Crippen LogP) is 22.4. The van der Waals surface area contributed by atoms with Gasteiger partial charge >= 0.3 is 0 Å². The first-order chi connectivity index (χ1) is 41.3. The SMILES string of the molecule is Cc1ccc(CCCc2ccc(C)cc2)cc1.Cc1ccc(CCCc2ccccc2C)cc1.Cc1cccc(CCCc2cccc(C)c2)c1.Cc1cccc(CCCc2ccccc2C)c1.Cc1ccccc1CCCc1ccccc1C. The fourth-order valence-electron chi connectivity index (χ4n) is 10.9. The van der Waals surface area contributed by atoms with Crippen molar-refractivity contribution in [2.75, 3.05) is 0 Å². The molecule has 0 saturated carbocycles. The van der Waals surface area contributed by atoms with Gasteiger partial charge in [0.1, 0.15) is 0 Å². The molecule has 0 saturated heterocycles. The molecule has 0 aromatic heterocycles. The molecule has 10 rings (SSSR count). The summed E-state index contributed by atoms with van der Waals surface area (Å²) in [7, 11) is 0. The standard InChI is InChI=1S/5C17H20/c1-14-6-3-8-16(12-14)10-5-11-17-9-4-7-15(2)13-17;1-14-8-3-5-10-16(14)12-7-13-17-11-6-4-9-15(17)2;1-14-7-5-9-16(13-14)10-6-12-17-11-4-3-8-15(17)2;1-14-10-12-16(13-11-14)7-5-9-17-8-4-3-6-15(17)2;1-14-6-10-16(11-7-14)4-3-5-17-12-8-15(2)9-13-17/h3-4,6-9,12-13H,5,10-11H2,1-2H3;3-6,8-11H,7,12-13H2,1-2H3;3-5,7-9,11,13H,6,10,12H2,1-2H3;3-4,6,8,10-13H,5,7,9H2,1-2H3;6-13H,3-5H2,1-2H3. The van der Waals surface area contributed by atoms with Crippen LogP contribution in [-0.2, 0) is 64.2 Å². The van der Waals surface area contributed by atoms with Crippen LogP contribution in [-0.4, -0.2) is 0 Å². The van der Waals surface area contributed by atoms with Crippen LogP contribution >= 0.6 is 0 Å². The minimum Gasteiger partial charge on any atom is -0.0620 e. The van der Waals surface area contributed by atoms with Crippen molar-refractivity contribution in [2.24, 2.45) is 0 Å². The number of aryl methyl sites for hydroxylation is 20. The Morgan fingerprint density at radius 2 is 0.376 bits per heavy atom. The Bertz CT molecular complexity index is 3310. The Morgan fingerprint density at radius 3 is 0.612 bits per heavy atom. The van der Waals surface area contributed by atoms with Crippen LogP contribution in [0.25, 0.3) is 0 Å². The summed E-state index contributed by atoms with van der Waals surface area (Å²) in [5.41, 5.74) is 28.4. The highest BCUT2D eigenvalue weighted by molar-refractivity contribution is 5.32. The summed E-state index contributed by atoms with van der Waals surface area (Å²) in [4.78, 5) is 0. The maximum atomic E-state index is 2.29. The van der Waals surface area contributed by atoms with Crippen molar-refractivity contribution < 1.29 is 0 Å². The second kappa shape index (κ2) is 37.5. The predicted molar refractivity (Wildman–Crippen MR) is 372 cm³/mol. The van der Waals surface area contributed by atoms with E-state index >= 15 is 0 Å². The van der Waals surface area contributed by atoms with Crippen molar-refractivity contribution in [2.45, 2.75) is 166 Å². The van der Waals surface area contributed by atoms with Gasteiger partial charge in [-0.25, -0.2) is 0 Å². The summed E-state index contributed by atoms with van der Waals surface area (Å²) in [6.45, 7) is 21.7. The highest BCUT2D eigenvalue weighted by Crippen LogP contribution is 2.18. The van der Waals surface area contributed by atoms with Crippen LogP contribution in [0.1, 0.15) is 143 Å². The monoisotopic (exact) mass is 1120 g/mol. The van der Waals surface area contributed by atoms with Crippen molar-refractivity contribution in [3.8, 4) is 0 Å². The third kappa shape index (κ3) is 26.3. The summed E-state index contributed by atoms with van der Waals surface area (Å²) in [5, 5.41) is 0. The highest BCUT2D eigenvalue weighted by atomic mass is 14.1. The highest BCUT2D eigenvalue weighted by Gasteiger charge is 2.03. The summed E-state index contributed by atoms with van der Waals surface area (Å²) in [6, 6.07) is 87.8. The minimum atomic E-state index is 1.17. The summed E-state index contributed by atoms with van der Waals surface area (Å²) in [6.07, 6.45) is 17.9. The molecule has 0 nitrogen and oxygen atoms in total. The van der Waals surface area contributed by atoms with E-state index in [1.54, 1.807) is 0 Å². The zero-order valence-electron chi connectivity index (χ0n) is 53.7. The molecule has 0 atom stereocenters. The lowest BCUT2D eigenvalue weighted by atomic mass is 9.99. The van der Waals surface area contributed by atoms with Gasteiger partial charge in [0.15, 0.2) is 0 Å². The molecule has 0 spiro atoms. The minimum absolute atomic E-state index is 1.17. The average molecular weight is 1120 g/mol. The smallest absolute Gasteiger partial charge is 0.0273 e. The second-order valence-electron chi connectivity index (χ2n) is 23.9. The zero-order valence-corrected chi connectivity index (χ0v) is 53.7. The normalized spacial score (nSPS) is 10.5. The topological polar surface area (TPSA) is 0 Å². The van der Waals surface area contributed by atoms with Gasteiger partial charge in [-0.3, -0.25) is 0 Å². The molecule has 0 heterocycles. The zero-order chi connectivity index (χ0) is 60.4. The van der Waals surface area contributed by atoms with E-state index in [0.29, 0.717) is 0 Å². The molecule has 0 amide bonds. The third-order valence-electron chi connectivity index (χ3n) is 16.2. The van der Waals surface area contributed by atoms with Crippen LogP contribution in [0.4, 0.5) is 0 Å². The van der Waals surface area contributed by atoms with Crippen molar-refractivity contribution >= 4 is 0 Å². The molecular formula is C85H100. The Balaban J connectivity index is 0.000000170. The van der Waals surface area contributed by atoms with E-state index in [4.69, 9.17) is 0 Å². The van der Waals surface area contributed by atoms with Gasteiger partial charge in [0.05, 0.1) is 0 Å². The molecule has 0 radical (unpaired) electrons. The summed E-state index contributed by atoms with van der Waals surface area (Å²) in [5.74, 6) is 0. The summed E-state index contributed by atoms with van der Waals surface area (Å²) >= 11 is 0. The molecule has 440 valence electrons. The Morgan fingerprint density at radius 1 is 0.165 bits per heavy atom. The van der Waals surface area contributed by atoms with E-state index in [1.165, 1.54) is 208 Å². The van der Waals surface area contributed by atoms with Gasteiger partial charge in [-0.15, -0.1) is 0 Å². The molecule has 0 fully saturated rings. The van der Waals surface area contributed by atoms with Crippen LogP contribution < -0.4 is 0 Å². The van der Waals surface area contributed by atoms with Crippen molar-refractivity contribution in [1.29, 1.82) is 0 Å². The lowest BCUT2D eigenvalue weighted by molar-refractivity contribution is 0.812. The molecule has 0 aliphatic rings. The van der Waals surface area contributed by atoms with Crippen LogP contribution in [0, 0.1) is 69.2 Å². The van der Waals surface area contributed by atoms with Gasteiger partial charge in [0.2, 0.25) is 0 Å². The Labute approximate surface area is 516 Å². The quantitative estimate of drug-likeness (QED) is 0.0713. The Kier molecular flexibility index (Phi) is 29.3. The van der Waals surface area contributed by atoms with E-state index in [-0.39, 0.29) is 0 Å². The molecule has 0 bridgehead atoms. The molecule has 0 N–H and O–H groups in total. The largest absolute Gasteiger partial charge is 0.0620 e. The summed E-state index contributed by atoms with van der Waals surface area (Å²) < 4.78 is 0. The maximum absolute atomic E-state index is 2.29. The number of hydrogen-bond acceptors (Lipinski definition) is 0. The Hall–Kier alpha value is -7.80. The molecule has 85 heavy (non-hydrogen) atoms. The molecule has 10 aromatic carbocycles. The lowest BCUT2D eigenvalue weighted by Crippen LogP contribution is -1.94. The average Bonchev–Trinajstić information content (AvgIpc) is 3.51. The molecule has 0 aliphatic heterocycles. The van der Waals surface area contributed by atoms with Gasteiger partial charge in [-0.2, -0.15) is 0 Å². The molecule has 0 unspecified atom stereocenters. The first-order valence-corrected chi connectivity index (χ1v) is 31.8. The third-order valence-corrected chi connectivity index (χ3v) is 16.2. The van der Waals surface area contributed by atoms with Crippen LogP contribution in [0.5, 0.6) is 0 Å². The fraction of sp³-hybridized carbons (Fsp3) is 0.294. The first kappa shape index (κ1) is 66.3. The van der Waals surface area contributed by atoms with Crippen molar-refractivity contribution in [1.82, 2.24) is 0 Å². The van der Waals surface area contributed by atoms with Gasteiger partial charge in [0, 0.05) is 0 Å². The lowest BCUT2D eigenvalue weighted by Gasteiger charge is -2.07. The first-order valence-electron chi connectivity index (χ1n) is 31.8. The van der Waals surface area contributed by atoms with Gasteiger partial charge in [-0.1, -0.05) is 276 Å². The van der Waals surface area contributed by atoms with Crippen molar-refractivity contribution in [3.63, 3.8) is 0 Å². The number of benzene rings is 10.